The van der Waals surface area contributed by atoms with Crippen molar-refractivity contribution in [1.29, 1.82) is 0 Å². The molecule has 3 nitrogen and oxygen atoms in total. The molecule has 2 atom stereocenters. The minimum Gasteiger partial charge on any atom is -0.246 e. The highest BCUT2D eigenvalue weighted by atomic mass is 32.2. The smallest absolute Gasteiger partial charge is 0.214 e. The second-order valence-corrected chi connectivity index (χ2v) is 5.07. The lowest BCUT2D eigenvalue weighted by atomic mass is 10.2. The standard InChI is InChI=1S/C7H14FNO2S/c8-6-4-2-1-3-5-7(6)12(9,10)11/h6-7H,1-5H2,(H2,9,10,11)/t6-,7+/m1/s1. The molecule has 2 N–H and O–H groups in total. The zero-order valence-electron chi connectivity index (χ0n) is 6.87. The normalized spacial score (nSPS) is 32.8. The van der Waals surface area contributed by atoms with Crippen LogP contribution in [0.15, 0.2) is 0 Å². The molecule has 1 aliphatic rings. The number of nitrogens with two attached hydrogens (primary N) is 1. The van der Waals surface area contributed by atoms with Crippen LogP contribution in [-0.4, -0.2) is 19.8 Å². The van der Waals surface area contributed by atoms with Gasteiger partial charge in [0.1, 0.15) is 11.4 Å². The monoisotopic (exact) mass is 195 g/mol. The minimum atomic E-state index is -3.67. The van der Waals surface area contributed by atoms with Crippen molar-refractivity contribution >= 4 is 10.0 Å². The van der Waals surface area contributed by atoms with Gasteiger partial charge in [0.25, 0.3) is 0 Å². The average Bonchev–Trinajstić information content (AvgIpc) is 2.11. The molecule has 0 saturated heterocycles. The second kappa shape index (κ2) is 3.70. The summed E-state index contributed by atoms with van der Waals surface area (Å²) in [4.78, 5) is 0. The molecule has 5 heteroatoms. The van der Waals surface area contributed by atoms with Gasteiger partial charge in [-0.05, 0) is 12.8 Å². The quantitative estimate of drug-likeness (QED) is 0.633. The zero-order chi connectivity index (χ0) is 9.19. The van der Waals surface area contributed by atoms with Crippen molar-refractivity contribution in [3.63, 3.8) is 0 Å². The number of primary sulfonamides is 1. The third kappa shape index (κ3) is 2.42. The molecule has 1 fully saturated rings. The van der Waals surface area contributed by atoms with E-state index in [1.165, 1.54) is 0 Å². The first-order valence-electron chi connectivity index (χ1n) is 4.17. The summed E-state index contributed by atoms with van der Waals surface area (Å²) in [5, 5.41) is 3.94. The van der Waals surface area contributed by atoms with Crippen LogP contribution in [-0.2, 0) is 10.0 Å². The first-order valence-corrected chi connectivity index (χ1v) is 5.78. The molecule has 0 radical (unpaired) electrons. The van der Waals surface area contributed by atoms with E-state index in [1.54, 1.807) is 0 Å². The summed E-state index contributed by atoms with van der Waals surface area (Å²) in [7, 11) is -3.67. The van der Waals surface area contributed by atoms with Crippen LogP contribution in [0.1, 0.15) is 32.1 Å². The number of hydrogen-bond acceptors (Lipinski definition) is 2. The Balaban J connectivity index is 2.72. The molecule has 0 heterocycles. The van der Waals surface area contributed by atoms with Crippen molar-refractivity contribution in [1.82, 2.24) is 0 Å². The molecule has 0 bridgehead atoms. The van der Waals surface area contributed by atoms with E-state index >= 15 is 0 Å². The summed E-state index contributed by atoms with van der Waals surface area (Å²) < 4.78 is 34.9. The Morgan fingerprint density at radius 2 is 1.75 bits per heavy atom. The van der Waals surface area contributed by atoms with Crippen molar-refractivity contribution in [3.05, 3.63) is 0 Å². The van der Waals surface area contributed by atoms with Gasteiger partial charge < -0.3 is 0 Å². The Morgan fingerprint density at radius 3 is 2.33 bits per heavy atom. The van der Waals surface area contributed by atoms with E-state index in [0.29, 0.717) is 12.8 Å². The topological polar surface area (TPSA) is 60.2 Å². The van der Waals surface area contributed by atoms with Gasteiger partial charge in [-0.25, -0.2) is 17.9 Å². The molecule has 0 aromatic carbocycles. The van der Waals surface area contributed by atoms with E-state index in [9.17, 15) is 12.8 Å². The summed E-state index contributed by atoms with van der Waals surface area (Å²) in [6.07, 6.45) is 1.89. The average molecular weight is 195 g/mol. The maximum atomic E-state index is 13.1. The van der Waals surface area contributed by atoms with E-state index in [-0.39, 0.29) is 0 Å². The van der Waals surface area contributed by atoms with Crippen LogP contribution in [0.2, 0.25) is 0 Å². The fourth-order valence-electron chi connectivity index (χ4n) is 1.60. The summed E-state index contributed by atoms with van der Waals surface area (Å²) in [6, 6.07) is 0. The fourth-order valence-corrected chi connectivity index (χ4v) is 2.64. The highest BCUT2D eigenvalue weighted by Gasteiger charge is 2.31. The molecule has 0 aliphatic heterocycles. The zero-order valence-corrected chi connectivity index (χ0v) is 7.69. The van der Waals surface area contributed by atoms with Crippen LogP contribution in [0.5, 0.6) is 0 Å². The SMILES string of the molecule is NS(=O)(=O)[C@H]1CCCCC[C@H]1F. The molecule has 0 aromatic rings. The lowest BCUT2D eigenvalue weighted by Gasteiger charge is -2.14. The number of halogens is 1. The fraction of sp³-hybridized carbons (Fsp3) is 1.00. The summed E-state index contributed by atoms with van der Waals surface area (Å²) >= 11 is 0. The van der Waals surface area contributed by atoms with Gasteiger partial charge in [0.15, 0.2) is 0 Å². The van der Waals surface area contributed by atoms with Gasteiger partial charge in [0.2, 0.25) is 10.0 Å². The van der Waals surface area contributed by atoms with E-state index in [2.05, 4.69) is 0 Å². The maximum absolute atomic E-state index is 13.1. The first-order chi connectivity index (χ1) is 5.52. The Labute approximate surface area is 72.2 Å². The van der Waals surface area contributed by atoms with Crippen LogP contribution in [0.25, 0.3) is 0 Å². The van der Waals surface area contributed by atoms with Gasteiger partial charge in [0, 0.05) is 0 Å². The molecule has 72 valence electrons. The molecule has 1 aliphatic carbocycles. The summed E-state index contributed by atoms with van der Waals surface area (Å²) in [6.45, 7) is 0. The van der Waals surface area contributed by atoms with Gasteiger partial charge in [0.05, 0.1) is 0 Å². The van der Waals surface area contributed by atoms with Crippen LogP contribution < -0.4 is 5.14 Å². The lowest BCUT2D eigenvalue weighted by molar-refractivity contribution is 0.301. The molecule has 0 amide bonds. The largest absolute Gasteiger partial charge is 0.246 e. The van der Waals surface area contributed by atoms with Crippen molar-refractivity contribution in [2.75, 3.05) is 0 Å². The van der Waals surface area contributed by atoms with Gasteiger partial charge >= 0.3 is 0 Å². The van der Waals surface area contributed by atoms with E-state index in [4.69, 9.17) is 5.14 Å². The van der Waals surface area contributed by atoms with Gasteiger partial charge in [-0.15, -0.1) is 0 Å². The molecule has 0 unspecified atom stereocenters. The molecule has 1 rings (SSSR count). The van der Waals surface area contributed by atoms with Crippen molar-refractivity contribution < 1.29 is 12.8 Å². The predicted molar refractivity (Wildman–Crippen MR) is 44.9 cm³/mol. The number of alkyl halides is 1. The van der Waals surface area contributed by atoms with E-state index in [1.807, 2.05) is 0 Å². The molecular weight excluding hydrogens is 181 g/mol. The highest BCUT2D eigenvalue weighted by Crippen LogP contribution is 2.24. The van der Waals surface area contributed by atoms with Crippen LogP contribution in [0, 0.1) is 0 Å². The van der Waals surface area contributed by atoms with E-state index in [0.717, 1.165) is 19.3 Å². The predicted octanol–water partition coefficient (Wildman–Crippen LogP) is 0.946. The highest BCUT2D eigenvalue weighted by molar-refractivity contribution is 7.89. The van der Waals surface area contributed by atoms with Crippen molar-refractivity contribution in [3.8, 4) is 0 Å². The Hall–Kier alpha value is -0.160. The third-order valence-corrected chi connectivity index (χ3v) is 3.67. The molecule has 12 heavy (non-hydrogen) atoms. The van der Waals surface area contributed by atoms with Gasteiger partial charge in [-0.2, -0.15) is 0 Å². The molecular formula is C7H14FNO2S. The van der Waals surface area contributed by atoms with Crippen molar-refractivity contribution in [2.45, 2.75) is 43.5 Å². The van der Waals surface area contributed by atoms with Crippen LogP contribution in [0.4, 0.5) is 4.39 Å². The summed E-state index contributed by atoms with van der Waals surface area (Å²) in [5.41, 5.74) is 0. The summed E-state index contributed by atoms with van der Waals surface area (Å²) in [5.74, 6) is 0. The lowest BCUT2D eigenvalue weighted by Crippen LogP contribution is -2.35. The number of sulfonamides is 1. The van der Waals surface area contributed by atoms with Crippen LogP contribution in [0.3, 0.4) is 0 Å². The van der Waals surface area contributed by atoms with Gasteiger partial charge in [-0.1, -0.05) is 19.3 Å². The Kier molecular flexibility index (Phi) is 3.06. The first kappa shape index (κ1) is 9.92. The maximum Gasteiger partial charge on any atom is 0.214 e. The third-order valence-electron chi connectivity index (χ3n) is 2.29. The number of rotatable bonds is 1. The van der Waals surface area contributed by atoms with E-state index < -0.39 is 21.4 Å². The minimum absolute atomic E-state index is 0.334. The van der Waals surface area contributed by atoms with Crippen LogP contribution >= 0.6 is 0 Å². The molecule has 0 spiro atoms. The Bertz CT molecular complexity index is 240. The Morgan fingerprint density at radius 1 is 1.17 bits per heavy atom. The molecule has 0 aromatic heterocycles. The van der Waals surface area contributed by atoms with Gasteiger partial charge in [-0.3, -0.25) is 0 Å². The van der Waals surface area contributed by atoms with Crippen molar-refractivity contribution in [2.24, 2.45) is 5.14 Å². The second-order valence-electron chi connectivity index (χ2n) is 3.28. The number of hydrogen-bond donors (Lipinski definition) is 1. The molecule has 1 saturated carbocycles.